The van der Waals surface area contributed by atoms with Crippen molar-refractivity contribution in [3.8, 4) is 0 Å². The Morgan fingerprint density at radius 2 is 1.23 bits per heavy atom. The summed E-state index contributed by atoms with van der Waals surface area (Å²) in [5.74, 6) is -4.19. The summed E-state index contributed by atoms with van der Waals surface area (Å²) < 4.78 is 25.0. The van der Waals surface area contributed by atoms with E-state index >= 15 is 0 Å². The predicted molar refractivity (Wildman–Crippen MR) is 113 cm³/mol. The molecule has 1 fully saturated rings. The van der Waals surface area contributed by atoms with Gasteiger partial charge in [0.15, 0.2) is 12.2 Å². The highest BCUT2D eigenvalue weighted by Gasteiger charge is 2.50. The maximum atomic E-state index is 12.3. The van der Waals surface area contributed by atoms with E-state index in [-0.39, 0.29) is 6.61 Å². The Hall–Kier alpha value is -1.29. The molecule has 9 nitrogen and oxygen atoms in total. The van der Waals surface area contributed by atoms with E-state index in [4.69, 9.17) is 63.9 Å². The molecule has 0 spiro atoms. The van der Waals surface area contributed by atoms with Gasteiger partial charge in [0.1, 0.15) is 0 Å². The first-order valence-corrected chi connectivity index (χ1v) is 10.8. The molecule has 0 radical (unpaired) electrons. The van der Waals surface area contributed by atoms with Gasteiger partial charge in [-0.1, -0.05) is 76.3 Å². The lowest BCUT2D eigenvalue weighted by molar-refractivity contribution is -0.266. The van der Waals surface area contributed by atoms with Crippen LogP contribution >= 0.6 is 34.8 Å². The number of ether oxygens (including phenoxy) is 5. The van der Waals surface area contributed by atoms with Crippen molar-refractivity contribution in [3.05, 3.63) is 0 Å². The van der Waals surface area contributed by atoms with Crippen LogP contribution in [-0.4, -0.2) is 58.8 Å². The number of hydrogen-bond donors (Lipinski definition) is 1. The van der Waals surface area contributed by atoms with Crippen LogP contribution in [0, 0.1) is 23.2 Å². The third kappa shape index (κ3) is 8.29. The van der Waals surface area contributed by atoms with Crippen LogP contribution in [0.1, 0.15) is 41.5 Å². The molecule has 0 aromatic carbocycles. The molecule has 31 heavy (non-hydrogen) atoms. The van der Waals surface area contributed by atoms with Gasteiger partial charge in [-0.15, -0.1) is 0 Å². The highest BCUT2D eigenvalue weighted by molar-refractivity contribution is 6.76. The van der Waals surface area contributed by atoms with Gasteiger partial charge in [-0.3, -0.25) is 19.8 Å². The predicted octanol–water partition coefficient (Wildman–Crippen LogP) is 3.41. The largest absolute Gasteiger partial charge is 0.456 e. The van der Waals surface area contributed by atoms with Crippen LogP contribution in [0.3, 0.4) is 0 Å². The van der Waals surface area contributed by atoms with Gasteiger partial charge in [-0.2, -0.15) is 0 Å². The van der Waals surface area contributed by atoms with Crippen molar-refractivity contribution in [2.75, 3.05) is 6.61 Å². The van der Waals surface area contributed by atoms with Gasteiger partial charge in [0.05, 0.1) is 24.4 Å². The van der Waals surface area contributed by atoms with Gasteiger partial charge in [0.25, 0.3) is 3.79 Å². The smallest absolute Gasteiger partial charge is 0.309 e. The average molecular weight is 505 g/mol. The number of rotatable bonds is 7. The zero-order valence-corrected chi connectivity index (χ0v) is 20.4. The van der Waals surface area contributed by atoms with Crippen molar-refractivity contribution >= 4 is 58.6 Å². The topological polar surface area (TPSA) is 121 Å². The summed E-state index contributed by atoms with van der Waals surface area (Å²) in [5, 5.41) is 7.80. The number of hydrogen-bond acceptors (Lipinski definition) is 9. The molecule has 0 saturated carbocycles. The van der Waals surface area contributed by atoms with Crippen molar-refractivity contribution < 1.29 is 38.1 Å². The second-order valence-corrected chi connectivity index (χ2v) is 10.2. The molecule has 178 valence electrons. The number of esters is 3. The van der Waals surface area contributed by atoms with Gasteiger partial charge in [0.2, 0.25) is 18.3 Å². The van der Waals surface area contributed by atoms with E-state index in [1.165, 1.54) is 0 Å². The maximum Gasteiger partial charge on any atom is 0.309 e. The van der Waals surface area contributed by atoms with Gasteiger partial charge in [-0.25, -0.2) is 0 Å². The highest BCUT2D eigenvalue weighted by Crippen LogP contribution is 2.32. The summed E-state index contributed by atoms with van der Waals surface area (Å²) in [6, 6.07) is 0. The molecule has 1 rings (SSSR count). The molecule has 0 aromatic rings. The minimum atomic E-state index is -2.21. The number of halogens is 3. The first kappa shape index (κ1) is 27.7. The third-order valence-corrected chi connectivity index (χ3v) is 4.58. The summed E-state index contributed by atoms with van der Waals surface area (Å²) in [5.41, 5.74) is 0. The molecule has 0 aliphatic carbocycles. The van der Waals surface area contributed by atoms with Crippen molar-refractivity contribution in [2.24, 2.45) is 17.8 Å². The highest BCUT2D eigenvalue weighted by atomic mass is 35.6. The van der Waals surface area contributed by atoms with Crippen molar-refractivity contribution in [1.82, 2.24) is 0 Å². The molecule has 1 saturated heterocycles. The zero-order valence-electron chi connectivity index (χ0n) is 18.1. The Balaban J connectivity index is 3.30. The summed E-state index contributed by atoms with van der Waals surface area (Å²) in [6.45, 7) is 9.39. The van der Waals surface area contributed by atoms with Crippen molar-refractivity contribution in [3.63, 3.8) is 0 Å². The molecule has 12 heteroatoms. The molecule has 0 amide bonds. The zero-order chi connectivity index (χ0) is 24.1. The summed E-state index contributed by atoms with van der Waals surface area (Å²) in [6.07, 6.45) is -5.22. The molecular formula is C19H28Cl3NO8. The lowest BCUT2D eigenvalue weighted by atomic mass is 10.0. The number of carbonyl (C=O) groups excluding carboxylic acids is 3. The number of carbonyl (C=O) groups is 3. The molecule has 1 aliphatic heterocycles. The molecule has 1 aliphatic rings. The summed E-state index contributed by atoms with van der Waals surface area (Å²) in [4.78, 5) is 36.8. The Kier molecular flexibility index (Phi) is 10.3. The first-order chi connectivity index (χ1) is 14.1. The second-order valence-electron chi connectivity index (χ2n) is 7.89. The van der Waals surface area contributed by atoms with Gasteiger partial charge in [0, 0.05) is 0 Å². The lowest BCUT2D eigenvalue weighted by Crippen LogP contribution is -2.59. The summed E-state index contributed by atoms with van der Waals surface area (Å²) >= 11 is 17.0. The van der Waals surface area contributed by atoms with Crippen molar-refractivity contribution in [1.29, 1.82) is 5.41 Å². The maximum absolute atomic E-state index is 12.3. The summed E-state index contributed by atoms with van der Waals surface area (Å²) in [7, 11) is 0. The Labute approximate surface area is 196 Å². The minimum Gasteiger partial charge on any atom is -0.456 e. The Morgan fingerprint density at radius 1 is 0.806 bits per heavy atom. The normalized spacial score (nSPS) is 24.1. The third-order valence-electron chi connectivity index (χ3n) is 4.06. The molecule has 4 atom stereocenters. The number of alkyl halides is 3. The van der Waals surface area contributed by atoms with Crippen LogP contribution in [0.5, 0.6) is 0 Å². The van der Waals surface area contributed by atoms with E-state index in [1.807, 2.05) is 0 Å². The van der Waals surface area contributed by atoms with Crippen LogP contribution in [0.25, 0.3) is 0 Å². The minimum absolute atomic E-state index is 0.276. The quantitative estimate of drug-likeness (QED) is 0.184. The van der Waals surface area contributed by atoms with Gasteiger partial charge >= 0.3 is 17.9 Å². The first-order valence-electron chi connectivity index (χ1n) is 9.70. The fourth-order valence-electron chi connectivity index (χ4n) is 2.22. The monoisotopic (exact) mass is 503 g/mol. The molecule has 1 heterocycles. The van der Waals surface area contributed by atoms with E-state index < -0.39 is 70.0 Å². The SMILES string of the molecule is CC(C)C(=O)O[C@H]1[C@@H](OC(=O)C(C)C)COC(OC(=N)C(Cl)(Cl)Cl)[C@@H]1OC(=O)C(C)C. The van der Waals surface area contributed by atoms with E-state index in [9.17, 15) is 14.4 Å². The second kappa shape index (κ2) is 11.5. The molecule has 0 bridgehead atoms. The van der Waals surface area contributed by atoms with E-state index in [2.05, 4.69) is 0 Å². The average Bonchev–Trinajstić information content (AvgIpc) is 2.64. The molecular weight excluding hydrogens is 477 g/mol. The Bertz CT molecular complexity index is 678. The van der Waals surface area contributed by atoms with Crippen LogP contribution < -0.4 is 0 Å². The van der Waals surface area contributed by atoms with Crippen LogP contribution in [0.4, 0.5) is 0 Å². The standard InChI is InChI=1S/C19H28Cl3NO8/c1-8(2)14(24)28-11-7-27-17(31-18(23)19(20,21)22)13(30-16(26)10(5)6)12(11)29-15(25)9(3)4/h8-13,17,23H,7H2,1-6H3/t11-,12-,13+,17?/m0/s1. The van der Waals surface area contributed by atoms with E-state index in [0.717, 1.165) is 0 Å². The van der Waals surface area contributed by atoms with Crippen LogP contribution in [0.15, 0.2) is 0 Å². The molecule has 1 unspecified atom stereocenters. The lowest BCUT2D eigenvalue weighted by Gasteiger charge is -2.41. The number of nitrogens with one attached hydrogen (secondary N) is 1. The van der Waals surface area contributed by atoms with Crippen molar-refractivity contribution in [2.45, 2.75) is 69.9 Å². The Morgan fingerprint density at radius 3 is 1.65 bits per heavy atom. The van der Waals surface area contributed by atoms with E-state index in [1.54, 1.807) is 41.5 Å². The molecule has 0 aromatic heterocycles. The van der Waals surface area contributed by atoms with Crippen LogP contribution in [0.2, 0.25) is 0 Å². The van der Waals surface area contributed by atoms with E-state index in [0.29, 0.717) is 0 Å². The fraction of sp³-hybridized carbons (Fsp3) is 0.789. The fourth-order valence-corrected chi connectivity index (χ4v) is 2.36. The van der Waals surface area contributed by atoms with Crippen LogP contribution in [-0.2, 0) is 38.1 Å². The molecule has 1 N–H and O–H groups in total. The van der Waals surface area contributed by atoms with Gasteiger partial charge < -0.3 is 23.7 Å². The van der Waals surface area contributed by atoms with Gasteiger partial charge in [-0.05, 0) is 0 Å².